The van der Waals surface area contributed by atoms with Gasteiger partial charge in [-0.15, -0.1) is 0 Å². The monoisotopic (exact) mass is 309 g/mol. The van der Waals surface area contributed by atoms with Crippen LogP contribution in [-0.2, 0) is 10.0 Å². The van der Waals surface area contributed by atoms with Gasteiger partial charge < -0.3 is 5.11 Å². The van der Waals surface area contributed by atoms with Crippen LogP contribution < -0.4 is 0 Å². The molecule has 1 fully saturated rings. The zero-order valence-electron chi connectivity index (χ0n) is 12.2. The van der Waals surface area contributed by atoms with Gasteiger partial charge in [0.1, 0.15) is 0 Å². The van der Waals surface area contributed by atoms with E-state index in [1.165, 1.54) is 16.1 Å². The van der Waals surface area contributed by atoms with Crippen molar-refractivity contribution in [3.63, 3.8) is 0 Å². The van der Waals surface area contributed by atoms with Crippen molar-refractivity contribution >= 4 is 16.1 Å². The third-order valence-electron chi connectivity index (χ3n) is 3.86. The summed E-state index contributed by atoms with van der Waals surface area (Å²) in [6.07, 6.45) is 6.68. The molecule has 1 aliphatic carbocycles. The number of rotatable bonds is 6. The van der Waals surface area contributed by atoms with Gasteiger partial charge in [-0.3, -0.25) is 0 Å². The van der Waals surface area contributed by atoms with Crippen LogP contribution in [0.5, 0.6) is 0 Å². The summed E-state index contributed by atoms with van der Waals surface area (Å²) in [5.41, 5.74) is 0.855. The normalized spacial score (nSPS) is 17.6. The van der Waals surface area contributed by atoms with E-state index in [1.54, 1.807) is 6.08 Å². The molecular weight excluding hydrogens is 286 g/mol. The zero-order valence-corrected chi connectivity index (χ0v) is 13.0. The summed E-state index contributed by atoms with van der Waals surface area (Å²) in [6, 6.07) is 9.40. The summed E-state index contributed by atoms with van der Waals surface area (Å²) in [5.74, 6) is 0. The molecule has 0 unspecified atom stereocenters. The molecule has 0 radical (unpaired) electrons. The van der Waals surface area contributed by atoms with Crippen LogP contribution in [0.2, 0.25) is 0 Å². The van der Waals surface area contributed by atoms with Crippen molar-refractivity contribution in [2.45, 2.75) is 38.1 Å². The Morgan fingerprint density at radius 3 is 2.43 bits per heavy atom. The fourth-order valence-electron chi connectivity index (χ4n) is 2.79. The van der Waals surface area contributed by atoms with E-state index in [-0.39, 0.29) is 19.2 Å². The van der Waals surface area contributed by atoms with Crippen LogP contribution in [0.4, 0.5) is 0 Å². The summed E-state index contributed by atoms with van der Waals surface area (Å²) in [7, 11) is -3.49. The topological polar surface area (TPSA) is 57.6 Å². The first kappa shape index (κ1) is 16.2. The molecule has 1 aromatic rings. The molecule has 0 spiro atoms. The van der Waals surface area contributed by atoms with Crippen molar-refractivity contribution in [2.75, 3.05) is 13.2 Å². The minimum Gasteiger partial charge on any atom is -0.395 e. The van der Waals surface area contributed by atoms with Crippen LogP contribution in [0.15, 0.2) is 35.7 Å². The fourth-order valence-corrected chi connectivity index (χ4v) is 4.24. The standard InChI is InChI=1S/C16H23NO3S/c18-13-12-17(16-9-5-2-6-10-16)21(19,20)14-11-15-7-3-1-4-8-15/h1,3-4,7-8,11,14,16,18H,2,5-6,9-10,12-13H2. The van der Waals surface area contributed by atoms with Crippen LogP contribution >= 0.6 is 0 Å². The van der Waals surface area contributed by atoms with E-state index in [4.69, 9.17) is 0 Å². The van der Waals surface area contributed by atoms with E-state index in [1.807, 2.05) is 30.3 Å². The van der Waals surface area contributed by atoms with Gasteiger partial charge >= 0.3 is 0 Å². The SMILES string of the molecule is O=S(=O)(C=Cc1ccccc1)N(CCO)C1CCCCC1. The van der Waals surface area contributed by atoms with Crippen molar-refractivity contribution in [2.24, 2.45) is 0 Å². The van der Waals surface area contributed by atoms with Crippen LogP contribution in [0.3, 0.4) is 0 Å². The first-order valence-corrected chi connectivity index (χ1v) is 8.99. The molecule has 1 aromatic carbocycles. The Morgan fingerprint density at radius 1 is 1.14 bits per heavy atom. The lowest BCUT2D eigenvalue weighted by atomic mass is 9.95. The van der Waals surface area contributed by atoms with Crippen LogP contribution in [-0.4, -0.2) is 37.0 Å². The first-order chi connectivity index (χ1) is 10.1. The van der Waals surface area contributed by atoms with Gasteiger partial charge in [-0.2, -0.15) is 4.31 Å². The lowest BCUT2D eigenvalue weighted by molar-refractivity contribution is 0.201. The van der Waals surface area contributed by atoms with E-state index in [0.717, 1.165) is 31.2 Å². The van der Waals surface area contributed by atoms with Gasteiger partial charge in [0.15, 0.2) is 0 Å². The Bertz CT molecular complexity index is 548. The number of hydrogen-bond donors (Lipinski definition) is 1. The van der Waals surface area contributed by atoms with Crippen molar-refractivity contribution in [1.29, 1.82) is 0 Å². The van der Waals surface area contributed by atoms with E-state index in [0.29, 0.717) is 0 Å². The van der Waals surface area contributed by atoms with Gasteiger partial charge in [-0.25, -0.2) is 8.42 Å². The second kappa shape index (κ2) is 7.73. The number of aliphatic hydroxyl groups is 1. The Morgan fingerprint density at radius 2 is 1.81 bits per heavy atom. The van der Waals surface area contributed by atoms with Crippen LogP contribution in [0.25, 0.3) is 6.08 Å². The molecule has 4 nitrogen and oxygen atoms in total. The molecule has 0 aromatic heterocycles. The second-order valence-electron chi connectivity index (χ2n) is 5.38. The van der Waals surface area contributed by atoms with E-state index in [9.17, 15) is 13.5 Å². The lowest BCUT2D eigenvalue weighted by Gasteiger charge is -2.32. The zero-order chi connectivity index (χ0) is 15.1. The van der Waals surface area contributed by atoms with Gasteiger partial charge in [0, 0.05) is 18.0 Å². The summed E-state index contributed by atoms with van der Waals surface area (Å²) in [6.45, 7) is 0.0288. The first-order valence-electron chi connectivity index (χ1n) is 7.49. The fraction of sp³-hybridized carbons (Fsp3) is 0.500. The van der Waals surface area contributed by atoms with Gasteiger partial charge in [0.25, 0.3) is 0 Å². The van der Waals surface area contributed by atoms with E-state index >= 15 is 0 Å². The molecule has 5 heteroatoms. The summed E-state index contributed by atoms with van der Waals surface area (Å²) < 4.78 is 26.5. The van der Waals surface area contributed by atoms with E-state index < -0.39 is 10.0 Å². The highest BCUT2D eigenvalue weighted by Crippen LogP contribution is 2.25. The maximum atomic E-state index is 12.5. The van der Waals surface area contributed by atoms with Crippen LogP contribution in [0.1, 0.15) is 37.7 Å². The molecule has 0 heterocycles. The number of aliphatic hydroxyl groups excluding tert-OH is 1. The average molecular weight is 309 g/mol. The maximum Gasteiger partial charge on any atom is 0.236 e. The molecule has 0 saturated heterocycles. The molecule has 1 N–H and O–H groups in total. The predicted octanol–water partition coefficient (Wildman–Crippen LogP) is 2.61. The highest BCUT2D eigenvalue weighted by atomic mass is 32.2. The van der Waals surface area contributed by atoms with E-state index in [2.05, 4.69) is 0 Å². The van der Waals surface area contributed by atoms with Gasteiger partial charge in [-0.1, -0.05) is 49.6 Å². The number of sulfonamides is 1. The average Bonchev–Trinajstić information content (AvgIpc) is 2.52. The van der Waals surface area contributed by atoms with Crippen molar-refractivity contribution in [3.05, 3.63) is 41.3 Å². The molecule has 21 heavy (non-hydrogen) atoms. The number of benzene rings is 1. The highest BCUT2D eigenvalue weighted by molar-refractivity contribution is 7.92. The summed E-state index contributed by atoms with van der Waals surface area (Å²) in [4.78, 5) is 0. The molecule has 0 aliphatic heterocycles. The van der Waals surface area contributed by atoms with Crippen molar-refractivity contribution in [1.82, 2.24) is 4.31 Å². The highest BCUT2D eigenvalue weighted by Gasteiger charge is 2.28. The Balaban J connectivity index is 2.15. The van der Waals surface area contributed by atoms with Crippen molar-refractivity contribution < 1.29 is 13.5 Å². The summed E-state index contributed by atoms with van der Waals surface area (Å²) >= 11 is 0. The maximum absolute atomic E-state index is 12.5. The number of nitrogens with zero attached hydrogens (tertiary/aromatic N) is 1. The molecule has 116 valence electrons. The third kappa shape index (κ3) is 4.66. The molecule has 0 atom stereocenters. The van der Waals surface area contributed by atoms with Gasteiger partial charge in [0.05, 0.1) is 6.61 Å². The molecule has 0 bridgehead atoms. The molecular formula is C16H23NO3S. The molecule has 2 rings (SSSR count). The number of hydrogen-bond acceptors (Lipinski definition) is 3. The summed E-state index contributed by atoms with van der Waals surface area (Å²) in [5, 5.41) is 10.4. The minimum absolute atomic E-state index is 0.0244. The quantitative estimate of drug-likeness (QED) is 0.879. The third-order valence-corrected chi connectivity index (χ3v) is 5.48. The smallest absolute Gasteiger partial charge is 0.236 e. The van der Waals surface area contributed by atoms with Crippen LogP contribution in [0, 0.1) is 0 Å². The molecule has 1 saturated carbocycles. The lowest BCUT2D eigenvalue weighted by Crippen LogP contribution is -2.42. The van der Waals surface area contributed by atoms with Gasteiger partial charge in [-0.05, 0) is 24.5 Å². The second-order valence-corrected chi connectivity index (χ2v) is 7.16. The Hall–Kier alpha value is -1.17. The molecule has 1 aliphatic rings. The van der Waals surface area contributed by atoms with Gasteiger partial charge in [0.2, 0.25) is 10.0 Å². The largest absolute Gasteiger partial charge is 0.395 e. The Labute approximate surface area is 127 Å². The van der Waals surface area contributed by atoms with Crippen molar-refractivity contribution in [3.8, 4) is 0 Å². The Kier molecular flexibility index (Phi) is 5.96. The molecule has 0 amide bonds. The minimum atomic E-state index is -3.49. The predicted molar refractivity (Wildman–Crippen MR) is 85.1 cm³/mol.